The number of rotatable bonds is 4. The number of ether oxygens (including phenoxy) is 1. The SMILES string of the molecule is CC[C@H](C)C(=O)O[C@H]1C[C@@H](C)C=C2C=C[C@H](C)[C@H](/C=C/C(C)(C)C)[C@H]21. The van der Waals surface area contributed by atoms with E-state index in [0.717, 1.165) is 12.8 Å². The van der Waals surface area contributed by atoms with E-state index in [9.17, 15) is 4.79 Å². The van der Waals surface area contributed by atoms with Crippen molar-refractivity contribution in [2.45, 2.75) is 67.4 Å². The number of allylic oxidation sites excluding steroid dienone is 5. The van der Waals surface area contributed by atoms with E-state index < -0.39 is 0 Å². The summed E-state index contributed by atoms with van der Waals surface area (Å²) in [5.74, 6) is 1.51. The molecule has 6 atom stereocenters. The van der Waals surface area contributed by atoms with Crippen LogP contribution in [0.5, 0.6) is 0 Å². The van der Waals surface area contributed by atoms with Gasteiger partial charge in [-0.1, -0.05) is 78.8 Å². The summed E-state index contributed by atoms with van der Waals surface area (Å²) in [4.78, 5) is 12.5. The predicted octanol–water partition coefficient (Wildman–Crippen LogP) is 5.95. The van der Waals surface area contributed by atoms with Gasteiger partial charge in [-0.05, 0) is 41.6 Å². The lowest BCUT2D eigenvalue weighted by Gasteiger charge is -2.42. The first-order valence-electron chi connectivity index (χ1n) is 9.92. The minimum atomic E-state index is -0.0401. The molecular formula is C23H36O2. The van der Waals surface area contributed by atoms with Crippen molar-refractivity contribution in [3.05, 3.63) is 36.0 Å². The lowest BCUT2D eigenvalue weighted by atomic mass is 9.66. The average Bonchev–Trinajstić information content (AvgIpc) is 2.52. The third kappa shape index (κ3) is 5.09. The van der Waals surface area contributed by atoms with Crippen LogP contribution in [0, 0.1) is 35.0 Å². The van der Waals surface area contributed by atoms with Crippen molar-refractivity contribution in [1.82, 2.24) is 0 Å². The molecule has 0 saturated heterocycles. The molecule has 0 heterocycles. The van der Waals surface area contributed by atoms with E-state index in [2.05, 4.69) is 65.0 Å². The molecule has 2 rings (SSSR count). The largest absolute Gasteiger partial charge is 0.461 e. The fourth-order valence-corrected chi connectivity index (χ4v) is 3.84. The maximum atomic E-state index is 12.5. The quantitative estimate of drug-likeness (QED) is 0.465. The first kappa shape index (κ1) is 20.0. The van der Waals surface area contributed by atoms with Gasteiger partial charge >= 0.3 is 5.97 Å². The van der Waals surface area contributed by atoms with Gasteiger partial charge in [0.15, 0.2) is 0 Å². The monoisotopic (exact) mass is 344 g/mol. The molecule has 0 saturated carbocycles. The number of carbonyl (C=O) groups is 1. The van der Waals surface area contributed by atoms with Crippen LogP contribution in [0.1, 0.15) is 61.3 Å². The van der Waals surface area contributed by atoms with E-state index >= 15 is 0 Å². The molecule has 2 aliphatic rings. The Labute approximate surface area is 154 Å². The summed E-state index contributed by atoms with van der Waals surface area (Å²) in [5.41, 5.74) is 1.51. The zero-order chi connectivity index (χ0) is 18.8. The van der Waals surface area contributed by atoms with E-state index in [1.165, 1.54) is 5.57 Å². The molecule has 25 heavy (non-hydrogen) atoms. The van der Waals surface area contributed by atoms with E-state index in [-0.39, 0.29) is 29.3 Å². The molecule has 140 valence electrons. The fraction of sp³-hybridized carbons (Fsp3) is 0.696. The number of hydrogen-bond donors (Lipinski definition) is 0. The highest BCUT2D eigenvalue weighted by Gasteiger charge is 2.40. The van der Waals surface area contributed by atoms with Gasteiger partial charge in [0.2, 0.25) is 0 Å². The molecule has 0 bridgehead atoms. The Kier molecular flexibility index (Phi) is 6.35. The molecule has 0 aromatic carbocycles. The number of fused-ring (bicyclic) bond motifs is 1. The zero-order valence-corrected chi connectivity index (χ0v) is 17.1. The average molecular weight is 345 g/mol. The normalized spacial score (nSPS) is 33.7. The van der Waals surface area contributed by atoms with E-state index in [1.807, 2.05) is 13.8 Å². The van der Waals surface area contributed by atoms with Crippen LogP contribution in [0.25, 0.3) is 0 Å². The van der Waals surface area contributed by atoms with Crippen LogP contribution < -0.4 is 0 Å². The Morgan fingerprint density at radius 2 is 2.04 bits per heavy atom. The number of hydrogen-bond acceptors (Lipinski definition) is 2. The molecule has 0 N–H and O–H groups in total. The second kappa shape index (κ2) is 7.93. The molecular weight excluding hydrogens is 308 g/mol. The highest BCUT2D eigenvalue weighted by Crippen LogP contribution is 2.44. The molecule has 0 spiro atoms. The highest BCUT2D eigenvalue weighted by molar-refractivity contribution is 5.72. The zero-order valence-electron chi connectivity index (χ0n) is 17.1. The van der Waals surface area contributed by atoms with Crippen LogP contribution >= 0.6 is 0 Å². The highest BCUT2D eigenvalue weighted by atomic mass is 16.5. The smallest absolute Gasteiger partial charge is 0.308 e. The summed E-state index contributed by atoms with van der Waals surface area (Å²) < 4.78 is 6.05. The molecule has 2 nitrogen and oxygen atoms in total. The minimum Gasteiger partial charge on any atom is -0.461 e. The van der Waals surface area contributed by atoms with Gasteiger partial charge in [-0.3, -0.25) is 4.79 Å². The molecule has 2 heteroatoms. The number of esters is 1. The standard InChI is InChI=1S/C23H36O2/c1-8-16(3)22(24)25-20-14-15(2)13-18-10-9-17(4)19(21(18)20)11-12-23(5,6)7/h9-13,15-17,19-21H,8,14H2,1-7H3/b12-11+/t15-,16-,17-,19-,20-,21-/m0/s1. The summed E-state index contributed by atoms with van der Waals surface area (Å²) >= 11 is 0. The maximum absolute atomic E-state index is 12.5. The summed E-state index contributed by atoms with van der Waals surface area (Å²) in [6.45, 7) is 15.2. The van der Waals surface area contributed by atoms with Crippen LogP contribution in [0.3, 0.4) is 0 Å². The van der Waals surface area contributed by atoms with Crippen molar-refractivity contribution in [3.8, 4) is 0 Å². The van der Waals surface area contributed by atoms with E-state index in [4.69, 9.17) is 4.74 Å². The summed E-state index contributed by atoms with van der Waals surface area (Å²) in [5, 5.41) is 0. The summed E-state index contributed by atoms with van der Waals surface area (Å²) in [6.07, 6.45) is 13.4. The lowest BCUT2D eigenvalue weighted by molar-refractivity contribution is -0.157. The number of carbonyl (C=O) groups excluding carboxylic acids is 1. The van der Waals surface area contributed by atoms with E-state index in [0.29, 0.717) is 17.8 Å². The van der Waals surface area contributed by atoms with Crippen LogP contribution in [0.4, 0.5) is 0 Å². The van der Waals surface area contributed by atoms with Crippen molar-refractivity contribution < 1.29 is 9.53 Å². The van der Waals surface area contributed by atoms with Gasteiger partial charge in [-0.15, -0.1) is 0 Å². The van der Waals surface area contributed by atoms with Crippen molar-refractivity contribution in [3.63, 3.8) is 0 Å². The Morgan fingerprint density at radius 3 is 2.64 bits per heavy atom. The molecule has 2 aliphatic carbocycles. The molecule has 0 aromatic rings. The lowest BCUT2D eigenvalue weighted by Crippen LogP contribution is -2.41. The second-order valence-electron chi connectivity index (χ2n) is 9.21. The Morgan fingerprint density at radius 1 is 1.36 bits per heavy atom. The Hall–Kier alpha value is -1.31. The van der Waals surface area contributed by atoms with Gasteiger partial charge in [0.05, 0.1) is 5.92 Å². The molecule has 0 fully saturated rings. The van der Waals surface area contributed by atoms with Crippen molar-refractivity contribution in [1.29, 1.82) is 0 Å². The van der Waals surface area contributed by atoms with Gasteiger partial charge in [-0.2, -0.15) is 0 Å². The first-order chi connectivity index (χ1) is 11.6. The van der Waals surface area contributed by atoms with Crippen molar-refractivity contribution in [2.75, 3.05) is 0 Å². The summed E-state index contributed by atoms with van der Waals surface area (Å²) in [7, 11) is 0. The third-order valence-electron chi connectivity index (χ3n) is 5.58. The molecule has 0 unspecified atom stereocenters. The van der Waals surface area contributed by atoms with Crippen LogP contribution in [-0.4, -0.2) is 12.1 Å². The van der Waals surface area contributed by atoms with Crippen molar-refractivity contribution in [2.24, 2.45) is 35.0 Å². The second-order valence-corrected chi connectivity index (χ2v) is 9.21. The minimum absolute atomic E-state index is 0.0153. The molecule has 0 aromatic heterocycles. The first-order valence-corrected chi connectivity index (χ1v) is 9.92. The van der Waals surface area contributed by atoms with E-state index in [1.54, 1.807) is 0 Å². The topological polar surface area (TPSA) is 26.3 Å². The fourth-order valence-electron chi connectivity index (χ4n) is 3.84. The van der Waals surface area contributed by atoms with Gasteiger partial charge < -0.3 is 4.74 Å². The van der Waals surface area contributed by atoms with Crippen LogP contribution in [-0.2, 0) is 9.53 Å². The van der Waals surface area contributed by atoms with Crippen LogP contribution in [0.15, 0.2) is 36.0 Å². The van der Waals surface area contributed by atoms with Crippen molar-refractivity contribution >= 4 is 5.97 Å². The molecule has 0 amide bonds. The maximum Gasteiger partial charge on any atom is 0.308 e. The Balaban J connectivity index is 2.31. The van der Waals surface area contributed by atoms with Crippen LogP contribution in [0.2, 0.25) is 0 Å². The Bertz CT molecular complexity index is 561. The predicted molar refractivity (Wildman–Crippen MR) is 105 cm³/mol. The molecule has 0 aliphatic heterocycles. The van der Waals surface area contributed by atoms with Gasteiger partial charge in [-0.25, -0.2) is 0 Å². The molecule has 0 radical (unpaired) electrons. The van der Waals surface area contributed by atoms with Gasteiger partial charge in [0.1, 0.15) is 6.10 Å². The summed E-state index contributed by atoms with van der Waals surface area (Å²) in [6, 6.07) is 0. The van der Waals surface area contributed by atoms with Gasteiger partial charge in [0.25, 0.3) is 0 Å². The third-order valence-corrected chi connectivity index (χ3v) is 5.58. The van der Waals surface area contributed by atoms with Gasteiger partial charge in [0, 0.05) is 5.92 Å².